The van der Waals surface area contributed by atoms with E-state index in [1.54, 1.807) is 0 Å². The first-order valence-corrected chi connectivity index (χ1v) is 11.5. The fourth-order valence-corrected chi connectivity index (χ4v) is 6.34. The molecule has 2 aromatic carbocycles. The highest BCUT2D eigenvalue weighted by Crippen LogP contribution is 2.38. The van der Waals surface area contributed by atoms with E-state index in [9.17, 15) is 0 Å². The van der Waals surface area contributed by atoms with Crippen molar-refractivity contribution in [2.45, 2.75) is 38.1 Å². The van der Waals surface area contributed by atoms with E-state index in [4.69, 9.17) is 4.98 Å². The summed E-state index contributed by atoms with van der Waals surface area (Å²) < 4.78 is 0. The number of pyridine rings is 1. The highest BCUT2D eigenvalue weighted by Gasteiger charge is 2.26. The first kappa shape index (κ1) is 18.2. The van der Waals surface area contributed by atoms with Gasteiger partial charge in [0.25, 0.3) is 0 Å². The topological polar surface area (TPSA) is 16.1 Å². The van der Waals surface area contributed by atoms with Crippen molar-refractivity contribution in [2.75, 3.05) is 11.2 Å². The molecule has 2 nitrogen and oxygen atoms in total. The molecule has 0 spiro atoms. The van der Waals surface area contributed by atoms with Gasteiger partial charge in [0.15, 0.2) is 0 Å². The molecule has 0 N–H and O–H groups in total. The monoisotopic (exact) mass is 374 g/mol. The van der Waals surface area contributed by atoms with Crippen molar-refractivity contribution < 1.29 is 0 Å². The molecular formula is C24H27N2P. The molecule has 0 saturated heterocycles. The predicted octanol–water partition coefficient (Wildman–Crippen LogP) is 5.31. The molecule has 0 radical (unpaired) electrons. The van der Waals surface area contributed by atoms with E-state index in [1.165, 1.54) is 42.7 Å². The normalized spacial score (nSPS) is 15.0. The number of hydrogen-bond donors (Lipinski definition) is 0. The largest absolute Gasteiger partial charge is 0.349 e. The van der Waals surface area contributed by atoms with Crippen molar-refractivity contribution in [3.05, 3.63) is 85.1 Å². The molecule has 1 aliphatic rings. The number of anilines is 1. The summed E-state index contributed by atoms with van der Waals surface area (Å²) in [6.45, 7) is 0. The summed E-state index contributed by atoms with van der Waals surface area (Å²) in [6.07, 6.45) is 9.57. The van der Waals surface area contributed by atoms with Crippen LogP contribution in [0.5, 0.6) is 0 Å². The van der Waals surface area contributed by atoms with Crippen LogP contribution in [0.4, 0.5) is 5.82 Å². The summed E-state index contributed by atoms with van der Waals surface area (Å²) in [5.41, 5.74) is 0. The first-order valence-electron chi connectivity index (χ1n) is 9.97. The fourth-order valence-electron chi connectivity index (χ4n) is 3.97. The number of hydrogen-bond acceptors (Lipinski definition) is 2. The van der Waals surface area contributed by atoms with E-state index >= 15 is 0 Å². The molecule has 138 valence electrons. The van der Waals surface area contributed by atoms with Crippen LogP contribution >= 0.6 is 7.92 Å². The van der Waals surface area contributed by atoms with Crippen molar-refractivity contribution >= 4 is 24.3 Å². The standard InChI is InChI=1S/C24H27N2P/c1-4-12-21(13-5-1)26(24-18-10-11-19-25-24)20-27(22-14-6-2-7-15-22)23-16-8-3-9-17-23/h2-3,6-11,14-19,21H,1,4-5,12-13,20H2. The summed E-state index contributed by atoms with van der Waals surface area (Å²) in [5.74, 6) is 1.13. The lowest BCUT2D eigenvalue weighted by Crippen LogP contribution is -2.39. The van der Waals surface area contributed by atoms with Crippen molar-refractivity contribution in [1.82, 2.24) is 4.98 Å². The van der Waals surface area contributed by atoms with E-state index in [0.717, 1.165) is 12.1 Å². The summed E-state index contributed by atoms with van der Waals surface area (Å²) in [5, 5.41) is 2.88. The van der Waals surface area contributed by atoms with E-state index in [2.05, 4.69) is 77.7 Å². The fraction of sp³-hybridized carbons (Fsp3) is 0.292. The van der Waals surface area contributed by atoms with Crippen molar-refractivity contribution in [3.8, 4) is 0 Å². The lowest BCUT2D eigenvalue weighted by atomic mass is 9.94. The number of rotatable bonds is 6. The van der Waals surface area contributed by atoms with E-state index in [1.807, 2.05) is 12.3 Å². The minimum Gasteiger partial charge on any atom is -0.349 e. The summed E-state index contributed by atoms with van der Waals surface area (Å²) in [7, 11) is -0.453. The smallest absolute Gasteiger partial charge is 0.129 e. The van der Waals surface area contributed by atoms with Gasteiger partial charge < -0.3 is 4.90 Å². The van der Waals surface area contributed by atoms with Gasteiger partial charge in [-0.25, -0.2) is 4.98 Å². The maximum Gasteiger partial charge on any atom is 0.129 e. The van der Waals surface area contributed by atoms with Gasteiger partial charge in [-0.2, -0.15) is 0 Å². The summed E-state index contributed by atoms with van der Waals surface area (Å²) in [6, 6.07) is 28.9. The van der Waals surface area contributed by atoms with E-state index < -0.39 is 7.92 Å². The summed E-state index contributed by atoms with van der Waals surface area (Å²) >= 11 is 0. The van der Waals surface area contributed by atoms with Crippen LogP contribution in [-0.4, -0.2) is 17.3 Å². The van der Waals surface area contributed by atoms with Gasteiger partial charge in [-0.05, 0) is 43.5 Å². The van der Waals surface area contributed by atoms with Crippen LogP contribution in [0.1, 0.15) is 32.1 Å². The van der Waals surface area contributed by atoms with Crippen molar-refractivity contribution in [3.63, 3.8) is 0 Å². The second kappa shape index (κ2) is 9.15. The Hall–Kier alpha value is -2.18. The van der Waals surface area contributed by atoms with Crippen LogP contribution in [0.15, 0.2) is 85.1 Å². The van der Waals surface area contributed by atoms with Gasteiger partial charge in [-0.15, -0.1) is 0 Å². The molecule has 1 fully saturated rings. The maximum absolute atomic E-state index is 4.73. The van der Waals surface area contributed by atoms with Gasteiger partial charge >= 0.3 is 0 Å². The Kier molecular flexibility index (Phi) is 6.17. The van der Waals surface area contributed by atoms with Gasteiger partial charge in [0, 0.05) is 18.5 Å². The van der Waals surface area contributed by atoms with Gasteiger partial charge in [0.1, 0.15) is 5.82 Å². The van der Waals surface area contributed by atoms with Crippen molar-refractivity contribution in [1.29, 1.82) is 0 Å². The molecule has 0 atom stereocenters. The SMILES string of the molecule is c1ccc(P(CN(c2ccccn2)C2CCCCC2)c2ccccc2)cc1. The number of aromatic nitrogens is 1. The Bertz CT molecular complexity index is 762. The third kappa shape index (κ3) is 4.57. The first-order chi connectivity index (χ1) is 13.4. The molecular weight excluding hydrogens is 347 g/mol. The lowest BCUT2D eigenvalue weighted by molar-refractivity contribution is 0.423. The molecule has 1 heterocycles. The van der Waals surface area contributed by atoms with Crippen LogP contribution < -0.4 is 15.5 Å². The quantitative estimate of drug-likeness (QED) is 0.544. The Morgan fingerprint density at radius 1 is 0.741 bits per heavy atom. The Morgan fingerprint density at radius 2 is 1.33 bits per heavy atom. The highest BCUT2D eigenvalue weighted by molar-refractivity contribution is 7.73. The molecule has 0 amide bonds. The number of benzene rings is 2. The third-order valence-corrected chi connectivity index (χ3v) is 7.82. The lowest BCUT2D eigenvalue weighted by Gasteiger charge is -2.38. The third-order valence-electron chi connectivity index (χ3n) is 5.39. The molecule has 1 saturated carbocycles. The zero-order valence-electron chi connectivity index (χ0n) is 15.7. The van der Waals surface area contributed by atoms with Crippen LogP contribution in [0, 0.1) is 0 Å². The van der Waals surface area contributed by atoms with Gasteiger partial charge in [0.05, 0.1) is 0 Å². The van der Waals surface area contributed by atoms with Gasteiger partial charge in [-0.1, -0.05) is 86.0 Å². The molecule has 3 heteroatoms. The Morgan fingerprint density at radius 3 is 1.89 bits per heavy atom. The van der Waals surface area contributed by atoms with Crippen molar-refractivity contribution in [2.24, 2.45) is 0 Å². The Balaban J connectivity index is 1.69. The molecule has 1 aliphatic carbocycles. The van der Waals surface area contributed by atoms with Gasteiger partial charge in [0.2, 0.25) is 0 Å². The van der Waals surface area contributed by atoms with Gasteiger partial charge in [-0.3, -0.25) is 0 Å². The molecule has 3 aromatic rings. The maximum atomic E-state index is 4.73. The zero-order chi connectivity index (χ0) is 18.3. The molecule has 0 aliphatic heterocycles. The van der Waals surface area contributed by atoms with Crippen LogP contribution in [0.25, 0.3) is 0 Å². The van der Waals surface area contributed by atoms with E-state index in [0.29, 0.717) is 6.04 Å². The van der Waals surface area contributed by atoms with Crippen LogP contribution in [0.3, 0.4) is 0 Å². The summed E-state index contributed by atoms with van der Waals surface area (Å²) in [4.78, 5) is 7.33. The number of nitrogens with zero attached hydrogens (tertiary/aromatic N) is 2. The molecule has 1 aromatic heterocycles. The average Bonchev–Trinajstić information content (AvgIpc) is 2.77. The minimum atomic E-state index is -0.453. The zero-order valence-corrected chi connectivity index (χ0v) is 16.6. The molecule has 0 bridgehead atoms. The Labute approximate surface area is 164 Å². The average molecular weight is 374 g/mol. The second-order valence-corrected chi connectivity index (χ2v) is 9.36. The predicted molar refractivity (Wildman–Crippen MR) is 118 cm³/mol. The van der Waals surface area contributed by atoms with Crippen LogP contribution in [-0.2, 0) is 0 Å². The molecule has 27 heavy (non-hydrogen) atoms. The minimum absolute atomic E-state index is 0.453. The van der Waals surface area contributed by atoms with E-state index in [-0.39, 0.29) is 0 Å². The highest BCUT2D eigenvalue weighted by atomic mass is 31.1. The molecule has 4 rings (SSSR count). The second-order valence-electron chi connectivity index (χ2n) is 7.19. The van der Waals surface area contributed by atoms with Crippen LogP contribution in [0.2, 0.25) is 0 Å². The molecule has 0 unspecified atom stereocenters.